The Morgan fingerprint density at radius 1 is 1.11 bits per heavy atom. The number of benzene rings is 2. The summed E-state index contributed by atoms with van der Waals surface area (Å²) in [5.74, 6) is -0.596. The highest BCUT2D eigenvalue weighted by atomic mass is 32.2. The van der Waals surface area contributed by atoms with Crippen molar-refractivity contribution in [2.75, 3.05) is 5.32 Å². The van der Waals surface area contributed by atoms with E-state index in [0.717, 1.165) is 11.6 Å². The van der Waals surface area contributed by atoms with E-state index >= 15 is 0 Å². The molecule has 1 atom stereocenters. The highest BCUT2D eigenvalue weighted by Gasteiger charge is 2.21. The van der Waals surface area contributed by atoms with Crippen molar-refractivity contribution < 1.29 is 22.7 Å². The lowest BCUT2D eigenvalue weighted by molar-refractivity contribution is 0.0697. The van der Waals surface area contributed by atoms with Crippen molar-refractivity contribution in [3.8, 4) is 0 Å². The Balaban J connectivity index is 1.82. The second kappa shape index (κ2) is 8.28. The molecule has 3 aromatic rings. The van der Waals surface area contributed by atoms with Gasteiger partial charge in [-0.2, -0.15) is 0 Å². The van der Waals surface area contributed by atoms with Gasteiger partial charge >= 0.3 is 5.97 Å². The molecule has 0 aliphatic heterocycles. The lowest BCUT2D eigenvalue weighted by atomic mass is 10.1. The van der Waals surface area contributed by atoms with Crippen LogP contribution in [0.4, 0.5) is 5.69 Å². The average molecular weight is 400 g/mol. The fourth-order valence-electron chi connectivity index (χ4n) is 2.73. The van der Waals surface area contributed by atoms with Gasteiger partial charge in [0.1, 0.15) is 5.76 Å². The Kier molecular flexibility index (Phi) is 5.81. The van der Waals surface area contributed by atoms with Gasteiger partial charge in [-0.15, -0.1) is 0 Å². The van der Waals surface area contributed by atoms with Crippen molar-refractivity contribution >= 4 is 21.7 Å². The van der Waals surface area contributed by atoms with Crippen LogP contribution in [0.25, 0.3) is 0 Å². The molecular formula is C20H20N2O5S. The molecule has 1 heterocycles. The zero-order valence-electron chi connectivity index (χ0n) is 15.1. The van der Waals surface area contributed by atoms with Gasteiger partial charge in [-0.3, -0.25) is 0 Å². The summed E-state index contributed by atoms with van der Waals surface area (Å²) in [6.07, 6.45) is 1.52. The van der Waals surface area contributed by atoms with Crippen LogP contribution in [0.15, 0.2) is 76.2 Å². The number of aromatic carboxylic acids is 1. The van der Waals surface area contributed by atoms with E-state index in [1.165, 1.54) is 18.4 Å². The van der Waals surface area contributed by atoms with Crippen LogP contribution < -0.4 is 10.0 Å². The molecule has 0 amide bonds. The van der Waals surface area contributed by atoms with Gasteiger partial charge in [-0.05, 0) is 42.8 Å². The predicted molar refractivity (Wildman–Crippen MR) is 105 cm³/mol. The normalized spacial score (nSPS) is 12.5. The van der Waals surface area contributed by atoms with Crippen LogP contribution in [-0.2, 0) is 16.6 Å². The number of carboxylic acids is 1. The third-order valence-corrected chi connectivity index (χ3v) is 5.73. The summed E-state index contributed by atoms with van der Waals surface area (Å²) in [5.41, 5.74) is 0.974. The Morgan fingerprint density at radius 2 is 1.86 bits per heavy atom. The SMILES string of the molecule is C[C@H](NS(=O)(=O)c1ccc(NCc2ccco2)c(C(=O)O)c1)c1ccccc1. The third kappa shape index (κ3) is 4.59. The number of hydrogen-bond acceptors (Lipinski definition) is 5. The number of carboxylic acid groups (broad SMARTS) is 1. The lowest BCUT2D eigenvalue weighted by Gasteiger charge is -2.16. The molecule has 2 aromatic carbocycles. The second-order valence-electron chi connectivity index (χ2n) is 6.20. The number of hydrogen-bond donors (Lipinski definition) is 3. The molecule has 0 unspecified atom stereocenters. The zero-order chi connectivity index (χ0) is 20.1. The van der Waals surface area contributed by atoms with Crippen LogP contribution >= 0.6 is 0 Å². The molecule has 0 bridgehead atoms. The summed E-state index contributed by atoms with van der Waals surface area (Å²) in [5, 5.41) is 12.4. The first kappa shape index (κ1) is 19.7. The molecule has 0 saturated heterocycles. The molecule has 0 spiro atoms. The third-order valence-electron chi connectivity index (χ3n) is 4.20. The van der Waals surface area contributed by atoms with Crippen molar-refractivity contribution in [3.63, 3.8) is 0 Å². The second-order valence-corrected chi connectivity index (χ2v) is 7.91. The Labute approximate surface area is 163 Å². The molecule has 3 rings (SSSR count). The maximum Gasteiger partial charge on any atom is 0.337 e. The first-order chi connectivity index (χ1) is 13.4. The van der Waals surface area contributed by atoms with E-state index < -0.39 is 22.0 Å². The molecular weight excluding hydrogens is 380 g/mol. The number of anilines is 1. The summed E-state index contributed by atoms with van der Waals surface area (Å²) < 4.78 is 33.2. The molecule has 7 nitrogen and oxygen atoms in total. The molecule has 3 N–H and O–H groups in total. The number of nitrogens with one attached hydrogen (secondary N) is 2. The molecule has 0 aliphatic rings. The summed E-state index contributed by atoms with van der Waals surface area (Å²) in [6, 6.07) is 16.1. The van der Waals surface area contributed by atoms with E-state index in [9.17, 15) is 18.3 Å². The van der Waals surface area contributed by atoms with E-state index in [2.05, 4.69) is 10.0 Å². The van der Waals surface area contributed by atoms with Crippen LogP contribution in [0, 0.1) is 0 Å². The van der Waals surface area contributed by atoms with Gasteiger partial charge in [0.2, 0.25) is 10.0 Å². The van der Waals surface area contributed by atoms with E-state index in [-0.39, 0.29) is 17.0 Å². The van der Waals surface area contributed by atoms with Crippen LogP contribution in [0.2, 0.25) is 0 Å². The van der Waals surface area contributed by atoms with Crippen LogP contribution in [0.5, 0.6) is 0 Å². The number of furan rings is 1. The largest absolute Gasteiger partial charge is 0.478 e. The Bertz CT molecular complexity index is 1050. The van der Waals surface area contributed by atoms with Crippen molar-refractivity contribution in [1.29, 1.82) is 0 Å². The van der Waals surface area contributed by atoms with Crippen molar-refractivity contribution in [2.24, 2.45) is 0 Å². The molecule has 1 aromatic heterocycles. The quantitative estimate of drug-likeness (QED) is 0.533. The number of carbonyl (C=O) groups is 1. The fourth-order valence-corrected chi connectivity index (χ4v) is 3.99. The van der Waals surface area contributed by atoms with E-state index in [0.29, 0.717) is 11.4 Å². The molecule has 0 fully saturated rings. The first-order valence-electron chi connectivity index (χ1n) is 8.58. The van der Waals surface area contributed by atoms with Gasteiger partial charge in [0.15, 0.2) is 0 Å². The molecule has 0 radical (unpaired) electrons. The van der Waals surface area contributed by atoms with Gasteiger partial charge in [0, 0.05) is 11.7 Å². The minimum absolute atomic E-state index is 0.115. The van der Waals surface area contributed by atoms with Gasteiger partial charge in [0.05, 0.1) is 23.3 Å². The monoisotopic (exact) mass is 400 g/mol. The maximum atomic E-state index is 12.7. The Morgan fingerprint density at radius 3 is 2.50 bits per heavy atom. The topological polar surface area (TPSA) is 109 Å². The summed E-state index contributed by atoms with van der Waals surface area (Å²) >= 11 is 0. The van der Waals surface area contributed by atoms with Crippen molar-refractivity contribution in [1.82, 2.24) is 4.72 Å². The predicted octanol–water partition coefficient (Wildman–Crippen LogP) is 3.63. The minimum Gasteiger partial charge on any atom is -0.478 e. The summed E-state index contributed by atoms with van der Waals surface area (Å²) in [6.45, 7) is 2.01. The van der Waals surface area contributed by atoms with Crippen LogP contribution in [-0.4, -0.2) is 19.5 Å². The van der Waals surface area contributed by atoms with Gasteiger partial charge < -0.3 is 14.8 Å². The highest BCUT2D eigenvalue weighted by molar-refractivity contribution is 7.89. The zero-order valence-corrected chi connectivity index (χ0v) is 15.9. The highest BCUT2D eigenvalue weighted by Crippen LogP contribution is 2.23. The van der Waals surface area contributed by atoms with Gasteiger partial charge in [-0.1, -0.05) is 30.3 Å². The van der Waals surface area contributed by atoms with Crippen molar-refractivity contribution in [2.45, 2.75) is 24.4 Å². The summed E-state index contributed by atoms with van der Waals surface area (Å²) in [4.78, 5) is 11.5. The molecule has 0 aliphatic carbocycles. The van der Waals surface area contributed by atoms with Gasteiger partial charge in [0.25, 0.3) is 0 Å². The van der Waals surface area contributed by atoms with Crippen LogP contribution in [0.3, 0.4) is 0 Å². The first-order valence-corrected chi connectivity index (χ1v) is 10.1. The van der Waals surface area contributed by atoms with E-state index in [1.807, 2.05) is 30.3 Å². The van der Waals surface area contributed by atoms with E-state index in [4.69, 9.17) is 4.42 Å². The fraction of sp³-hybridized carbons (Fsp3) is 0.150. The molecule has 146 valence electrons. The summed E-state index contributed by atoms with van der Waals surface area (Å²) in [7, 11) is -3.90. The maximum absolute atomic E-state index is 12.7. The standard InChI is InChI=1S/C20H20N2O5S/c1-14(15-6-3-2-4-7-15)22-28(25,26)17-9-10-19(18(12-17)20(23)24)21-13-16-8-5-11-27-16/h2-12,14,21-22H,13H2,1H3,(H,23,24)/t14-/m0/s1. The number of rotatable bonds is 8. The molecule has 0 saturated carbocycles. The van der Waals surface area contributed by atoms with E-state index in [1.54, 1.807) is 19.1 Å². The van der Waals surface area contributed by atoms with Crippen molar-refractivity contribution in [3.05, 3.63) is 83.8 Å². The minimum atomic E-state index is -3.90. The molecule has 8 heteroatoms. The number of sulfonamides is 1. The molecule has 28 heavy (non-hydrogen) atoms. The lowest BCUT2D eigenvalue weighted by Crippen LogP contribution is -2.27. The Hall–Kier alpha value is -3.10. The van der Waals surface area contributed by atoms with Gasteiger partial charge in [-0.25, -0.2) is 17.9 Å². The average Bonchev–Trinajstić information content (AvgIpc) is 3.20. The smallest absolute Gasteiger partial charge is 0.337 e. The van der Waals surface area contributed by atoms with Crippen LogP contribution in [0.1, 0.15) is 34.6 Å².